The van der Waals surface area contributed by atoms with Gasteiger partial charge in [-0.25, -0.2) is 0 Å². The maximum absolute atomic E-state index is 14.3. The Morgan fingerprint density at radius 3 is 2.17 bits per heavy atom. The first kappa shape index (κ1) is 46.9. The molecular weight excluding hydrogens is 773 g/mol. The first-order valence-electron chi connectivity index (χ1n) is 20.3. The number of benzene rings is 3. The summed E-state index contributed by atoms with van der Waals surface area (Å²) in [5.74, 6) is -3.34. The zero-order valence-electron chi connectivity index (χ0n) is 34.2. The number of ether oxygens (including phenoxy) is 2. The SMILES string of the molecule is CN1C(=O)[C@@H](Cc2ccc(O)cc2)NC(=O)CNC(=O)[C@H](Cc2ccc3ccccc3c2)NC(=O)[C@H](CCCNC(=N)N)NC(=O)[C@H]1CCCNCCOCCOCCN. The van der Waals surface area contributed by atoms with Gasteiger partial charge in [0.1, 0.15) is 29.9 Å². The van der Waals surface area contributed by atoms with Crippen LogP contribution in [0.2, 0.25) is 0 Å². The average Bonchev–Trinajstić information content (AvgIpc) is 3.23. The van der Waals surface area contributed by atoms with E-state index >= 15 is 0 Å². The number of aromatic hydroxyl groups is 1. The Bertz CT molecular complexity index is 1880. The molecule has 5 amide bonds. The van der Waals surface area contributed by atoms with Crippen molar-refractivity contribution in [3.8, 4) is 5.75 Å². The second-order valence-corrected chi connectivity index (χ2v) is 14.6. The number of carbonyl (C=O) groups is 5. The summed E-state index contributed by atoms with van der Waals surface area (Å²) in [5, 5.41) is 36.3. The Labute approximate surface area is 350 Å². The molecule has 0 spiro atoms. The standard InChI is InChI=1S/C42H60N10O8/c1-52-36(9-5-17-46-19-21-60-23-22-59-20-16-43)40(57)50-33(8-4-18-47-42(44)45)39(56)51-34(26-29-10-13-30-6-2-3-7-31(30)24-29)38(55)48-27-37(54)49-35(41(52)58)25-28-11-14-32(53)15-12-28/h2-3,6-7,10-15,24,33-36,46,53H,4-5,8-9,16-23,25-27,43H2,1H3,(H,48,55)(H,49,54)(H,50,57)(H,51,56)(H4,44,45,47)/t33-,34-,35+,36+/m0/s1. The lowest BCUT2D eigenvalue weighted by molar-refractivity contribution is -0.142. The highest BCUT2D eigenvalue weighted by atomic mass is 16.5. The van der Waals surface area contributed by atoms with Gasteiger partial charge in [-0.2, -0.15) is 0 Å². The molecule has 18 nitrogen and oxygen atoms in total. The van der Waals surface area contributed by atoms with Crippen LogP contribution in [0.1, 0.15) is 36.8 Å². The van der Waals surface area contributed by atoms with Gasteiger partial charge in [0, 0.05) is 39.5 Å². The predicted molar refractivity (Wildman–Crippen MR) is 227 cm³/mol. The molecule has 1 fully saturated rings. The van der Waals surface area contributed by atoms with Crippen molar-refractivity contribution < 1.29 is 38.6 Å². The summed E-state index contributed by atoms with van der Waals surface area (Å²) in [6.07, 6.45) is 1.17. The van der Waals surface area contributed by atoms with Crippen LogP contribution in [0, 0.1) is 5.41 Å². The molecule has 326 valence electrons. The van der Waals surface area contributed by atoms with Gasteiger partial charge in [0.15, 0.2) is 5.96 Å². The number of phenolic OH excluding ortho intramolecular Hbond substituents is 1. The first-order chi connectivity index (χ1) is 28.9. The van der Waals surface area contributed by atoms with E-state index in [0.717, 1.165) is 16.3 Å². The van der Waals surface area contributed by atoms with Crippen LogP contribution < -0.4 is 43.4 Å². The Balaban J connectivity index is 1.60. The normalized spacial score (nSPS) is 19.4. The fourth-order valence-electron chi connectivity index (χ4n) is 6.75. The summed E-state index contributed by atoms with van der Waals surface area (Å²) in [5.41, 5.74) is 12.3. The lowest BCUT2D eigenvalue weighted by atomic mass is 10.00. The van der Waals surface area contributed by atoms with Gasteiger partial charge >= 0.3 is 0 Å². The molecule has 1 aliphatic rings. The van der Waals surface area contributed by atoms with Crippen LogP contribution in [0.3, 0.4) is 0 Å². The first-order valence-corrected chi connectivity index (χ1v) is 20.3. The molecule has 0 unspecified atom stereocenters. The summed E-state index contributed by atoms with van der Waals surface area (Å²) in [6, 6.07) is 15.1. The molecule has 1 heterocycles. The molecule has 60 heavy (non-hydrogen) atoms. The third kappa shape index (κ3) is 15.7. The van der Waals surface area contributed by atoms with E-state index in [4.69, 9.17) is 26.4 Å². The van der Waals surface area contributed by atoms with Crippen LogP contribution in [-0.4, -0.2) is 136 Å². The summed E-state index contributed by atoms with van der Waals surface area (Å²) in [4.78, 5) is 71.3. The van der Waals surface area contributed by atoms with E-state index in [9.17, 15) is 29.1 Å². The van der Waals surface area contributed by atoms with Crippen molar-refractivity contribution in [3.63, 3.8) is 0 Å². The molecule has 0 aliphatic carbocycles. The van der Waals surface area contributed by atoms with E-state index in [1.165, 1.54) is 24.1 Å². The molecule has 0 radical (unpaired) electrons. The summed E-state index contributed by atoms with van der Waals surface area (Å²) < 4.78 is 10.9. The number of guanidine groups is 1. The van der Waals surface area contributed by atoms with Gasteiger partial charge in [-0.3, -0.25) is 29.4 Å². The van der Waals surface area contributed by atoms with Crippen molar-refractivity contribution >= 4 is 46.3 Å². The topological polar surface area (TPSA) is 275 Å². The number of hydrogen-bond donors (Lipinski definition) is 10. The van der Waals surface area contributed by atoms with E-state index in [1.54, 1.807) is 12.1 Å². The quantitative estimate of drug-likeness (QED) is 0.0387. The molecule has 4 atom stereocenters. The molecule has 3 aromatic rings. The number of nitrogens with one attached hydrogen (secondary N) is 7. The number of fused-ring (bicyclic) bond motifs is 1. The number of nitrogens with two attached hydrogens (primary N) is 2. The van der Waals surface area contributed by atoms with Gasteiger partial charge in [-0.15, -0.1) is 0 Å². The molecule has 3 aromatic carbocycles. The predicted octanol–water partition coefficient (Wildman–Crippen LogP) is -0.633. The van der Waals surface area contributed by atoms with Crippen LogP contribution in [0.4, 0.5) is 0 Å². The highest BCUT2D eigenvalue weighted by Crippen LogP contribution is 2.18. The largest absolute Gasteiger partial charge is 0.508 e. The molecule has 18 heteroatoms. The van der Waals surface area contributed by atoms with Gasteiger partial charge in [0.05, 0.1) is 33.0 Å². The van der Waals surface area contributed by atoms with Crippen molar-refractivity contribution in [3.05, 3.63) is 77.9 Å². The molecule has 0 bridgehead atoms. The average molecular weight is 833 g/mol. The summed E-state index contributed by atoms with van der Waals surface area (Å²) in [6.45, 7) is 2.95. The highest BCUT2D eigenvalue weighted by molar-refractivity contribution is 5.97. The van der Waals surface area contributed by atoms with E-state index in [2.05, 4.69) is 31.9 Å². The molecule has 0 aromatic heterocycles. The van der Waals surface area contributed by atoms with Crippen LogP contribution in [0.15, 0.2) is 66.7 Å². The molecule has 12 N–H and O–H groups in total. The van der Waals surface area contributed by atoms with Crippen molar-refractivity contribution in [1.82, 2.24) is 36.8 Å². The lowest BCUT2D eigenvalue weighted by Gasteiger charge is -2.32. The number of likely N-dealkylation sites (N-methyl/N-ethyl adjacent to an activating group) is 1. The second kappa shape index (κ2) is 25.0. The van der Waals surface area contributed by atoms with Crippen molar-refractivity contribution in [1.29, 1.82) is 5.41 Å². The van der Waals surface area contributed by atoms with Crippen LogP contribution in [0.25, 0.3) is 10.8 Å². The van der Waals surface area contributed by atoms with E-state index < -0.39 is 60.2 Å². The molecule has 1 aliphatic heterocycles. The zero-order chi connectivity index (χ0) is 43.3. The molecule has 4 rings (SSSR count). The van der Waals surface area contributed by atoms with Gasteiger partial charge in [-0.1, -0.05) is 54.6 Å². The van der Waals surface area contributed by atoms with Gasteiger partial charge in [0.2, 0.25) is 29.5 Å². The molecule has 1 saturated heterocycles. The molecular formula is C42H60N10O8. The van der Waals surface area contributed by atoms with Gasteiger partial charge in [-0.05, 0) is 66.3 Å². The number of hydrogen-bond acceptors (Lipinski definition) is 11. The number of phenols is 1. The van der Waals surface area contributed by atoms with Crippen LogP contribution in [0.5, 0.6) is 5.75 Å². The van der Waals surface area contributed by atoms with Gasteiger partial charge < -0.3 is 62.8 Å². The Morgan fingerprint density at radius 2 is 1.43 bits per heavy atom. The summed E-state index contributed by atoms with van der Waals surface area (Å²) in [7, 11) is 1.47. The highest BCUT2D eigenvalue weighted by Gasteiger charge is 2.35. The number of nitrogens with zero attached hydrogens (tertiary/aromatic N) is 1. The minimum absolute atomic E-state index is 0.0205. The van der Waals surface area contributed by atoms with Crippen molar-refractivity contribution in [2.75, 3.05) is 66.2 Å². The van der Waals surface area contributed by atoms with Crippen LogP contribution >= 0.6 is 0 Å². The van der Waals surface area contributed by atoms with Crippen LogP contribution in [-0.2, 0) is 46.3 Å². The minimum Gasteiger partial charge on any atom is -0.508 e. The van der Waals surface area contributed by atoms with E-state index in [1.807, 2.05) is 42.5 Å². The Morgan fingerprint density at radius 1 is 0.767 bits per heavy atom. The minimum atomic E-state index is -1.16. The fraction of sp³-hybridized carbons (Fsp3) is 0.476. The number of rotatable bonds is 20. The third-order valence-corrected chi connectivity index (χ3v) is 9.94. The fourth-order valence-corrected chi connectivity index (χ4v) is 6.75. The third-order valence-electron chi connectivity index (χ3n) is 9.94. The van der Waals surface area contributed by atoms with Crippen molar-refractivity contribution in [2.45, 2.75) is 62.7 Å². The Hall–Kier alpha value is -5.82. The number of amides is 5. The zero-order valence-corrected chi connectivity index (χ0v) is 34.2. The number of carbonyl (C=O) groups excluding carboxylic acids is 5. The lowest BCUT2D eigenvalue weighted by Crippen LogP contribution is -2.58. The van der Waals surface area contributed by atoms with Crippen molar-refractivity contribution in [2.24, 2.45) is 11.5 Å². The monoisotopic (exact) mass is 832 g/mol. The van der Waals surface area contributed by atoms with E-state index in [0.29, 0.717) is 64.5 Å². The summed E-state index contributed by atoms with van der Waals surface area (Å²) >= 11 is 0. The van der Waals surface area contributed by atoms with E-state index in [-0.39, 0.29) is 43.9 Å². The van der Waals surface area contributed by atoms with Gasteiger partial charge in [0.25, 0.3) is 0 Å². The molecule has 0 saturated carbocycles. The maximum atomic E-state index is 14.3. The Kier molecular flexibility index (Phi) is 19.5. The smallest absolute Gasteiger partial charge is 0.245 e. The maximum Gasteiger partial charge on any atom is 0.245 e. The second-order valence-electron chi connectivity index (χ2n) is 14.6.